The molecule has 4 nitrogen and oxygen atoms in total. The molecule has 0 fully saturated rings. The molecule has 0 spiro atoms. The summed E-state index contributed by atoms with van der Waals surface area (Å²) in [5.74, 6) is 0.106. The Kier molecular flexibility index (Phi) is 4.43. The number of nitrogens with one attached hydrogen (secondary N) is 2. The van der Waals surface area contributed by atoms with E-state index in [1.54, 1.807) is 0 Å². The highest BCUT2D eigenvalue weighted by molar-refractivity contribution is 5.95. The van der Waals surface area contributed by atoms with Gasteiger partial charge in [0.25, 0.3) is 5.91 Å². The van der Waals surface area contributed by atoms with Crippen LogP contribution in [0.3, 0.4) is 0 Å². The molecule has 19 heavy (non-hydrogen) atoms. The normalized spacial score (nSPS) is 15.6. The lowest BCUT2D eigenvalue weighted by atomic mass is 10.00. The predicted octanol–water partition coefficient (Wildman–Crippen LogP) is 1.79. The van der Waals surface area contributed by atoms with Crippen LogP contribution in [0.25, 0.3) is 0 Å². The van der Waals surface area contributed by atoms with Crippen molar-refractivity contribution in [1.82, 2.24) is 5.32 Å². The van der Waals surface area contributed by atoms with Crippen molar-refractivity contribution in [2.45, 2.75) is 32.7 Å². The van der Waals surface area contributed by atoms with Crippen LogP contribution >= 0.6 is 0 Å². The summed E-state index contributed by atoms with van der Waals surface area (Å²) in [5.41, 5.74) is 3.00. The zero-order chi connectivity index (χ0) is 13.8. The number of carbonyl (C=O) groups excluding carboxylic acids is 1. The van der Waals surface area contributed by atoms with Gasteiger partial charge in [0.2, 0.25) is 0 Å². The Morgan fingerprint density at radius 2 is 2.26 bits per heavy atom. The van der Waals surface area contributed by atoms with E-state index < -0.39 is 0 Å². The SMILES string of the molecule is CC(C)[C@@H](CO)NC(=O)c1ccc2c(c1)CCCN2. The van der Waals surface area contributed by atoms with Crippen molar-refractivity contribution < 1.29 is 9.90 Å². The zero-order valence-electron chi connectivity index (χ0n) is 11.6. The van der Waals surface area contributed by atoms with Gasteiger partial charge >= 0.3 is 0 Å². The van der Waals surface area contributed by atoms with Crippen molar-refractivity contribution in [3.63, 3.8) is 0 Å². The third-order valence-corrected chi connectivity index (χ3v) is 3.62. The molecule has 1 aliphatic heterocycles. The maximum absolute atomic E-state index is 12.2. The van der Waals surface area contributed by atoms with Gasteiger partial charge in [-0.15, -0.1) is 0 Å². The number of rotatable bonds is 4. The summed E-state index contributed by atoms with van der Waals surface area (Å²) in [6.07, 6.45) is 2.11. The molecule has 1 aromatic rings. The van der Waals surface area contributed by atoms with E-state index in [1.807, 2.05) is 32.0 Å². The van der Waals surface area contributed by atoms with Gasteiger partial charge in [0.15, 0.2) is 0 Å². The summed E-state index contributed by atoms with van der Waals surface area (Å²) >= 11 is 0. The topological polar surface area (TPSA) is 61.4 Å². The first-order valence-corrected chi connectivity index (χ1v) is 6.90. The molecular weight excluding hydrogens is 240 g/mol. The lowest BCUT2D eigenvalue weighted by Crippen LogP contribution is -2.41. The standard InChI is InChI=1S/C15H22N2O2/c1-10(2)14(9-18)17-15(19)12-5-6-13-11(8-12)4-3-7-16-13/h5-6,8,10,14,16,18H,3-4,7,9H2,1-2H3,(H,17,19)/t14-/m1/s1. The van der Waals surface area contributed by atoms with Crippen molar-refractivity contribution >= 4 is 11.6 Å². The first kappa shape index (κ1) is 13.9. The molecule has 1 aliphatic rings. The Morgan fingerprint density at radius 1 is 1.47 bits per heavy atom. The molecule has 0 aromatic heterocycles. The largest absolute Gasteiger partial charge is 0.394 e. The van der Waals surface area contributed by atoms with Gasteiger partial charge in [0, 0.05) is 17.8 Å². The second-order valence-electron chi connectivity index (χ2n) is 5.41. The summed E-state index contributed by atoms with van der Waals surface area (Å²) in [7, 11) is 0. The molecule has 0 bridgehead atoms. The Balaban J connectivity index is 2.11. The fourth-order valence-corrected chi connectivity index (χ4v) is 2.29. The van der Waals surface area contributed by atoms with Gasteiger partial charge in [-0.2, -0.15) is 0 Å². The van der Waals surface area contributed by atoms with Gasteiger partial charge in [-0.25, -0.2) is 0 Å². The highest BCUT2D eigenvalue weighted by Gasteiger charge is 2.17. The molecule has 1 heterocycles. The number of aryl methyl sites for hydroxylation is 1. The lowest BCUT2D eigenvalue weighted by Gasteiger charge is -2.21. The predicted molar refractivity (Wildman–Crippen MR) is 76.4 cm³/mol. The second-order valence-corrected chi connectivity index (χ2v) is 5.41. The summed E-state index contributed by atoms with van der Waals surface area (Å²) in [6.45, 7) is 4.93. The minimum absolute atomic E-state index is 0.0318. The third-order valence-electron chi connectivity index (χ3n) is 3.62. The fraction of sp³-hybridized carbons (Fsp3) is 0.533. The van der Waals surface area contributed by atoms with Crippen LogP contribution in [0.15, 0.2) is 18.2 Å². The highest BCUT2D eigenvalue weighted by Crippen LogP contribution is 2.23. The van der Waals surface area contributed by atoms with Crippen molar-refractivity contribution in [3.8, 4) is 0 Å². The minimum atomic E-state index is -0.193. The van der Waals surface area contributed by atoms with Crippen LogP contribution in [0.5, 0.6) is 0 Å². The Bertz CT molecular complexity index is 457. The van der Waals surface area contributed by atoms with Crippen LogP contribution in [0, 0.1) is 5.92 Å². The number of fused-ring (bicyclic) bond motifs is 1. The zero-order valence-corrected chi connectivity index (χ0v) is 11.6. The smallest absolute Gasteiger partial charge is 0.251 e. The highest BCUT2D eigenvalue weighted by atomic mass is 16.3. The van der Waals surface area contributed by atoms with Gasteiger partial charge in [0.05, 0.1) is 12.6 Å². The lowest BCUT2D eigenvalue weighted by molar-refractivity contribution is 0.0897. The van der Waals surface area contributed by atoms with Crippen LogP contribution < -0.4 is 10.6 Å². The molecule has 2 rings (SSSR count). The molecule has 1 aromatic carbocycles. The molecule has 1 atom stereocenters. The summed E-state index contributed by atoms with van der Waals surface area (Å²) in [5, 5.41) is 15.5. The summed E-state index contributed by atoms with van der Waals surface area (Å²) < 4.78 is 0. The maximum Gasteiger partial charge on any atom is 0.251 e. The fourth-order valence-electron chi connectivity index (χ4n) is 2.29. The summed E-state index contributed by atoms with van der Waals surface area (Å²) in [4.78, 5) is 12.2. The van der Waals surface area contributed by atoms with Crippen molar-refractivity contribution in [2.75, 3.05) is 18.5 Å². The average Bonchev–Trinajstić information content (AvgIpc) is 2.43. The number of hydrogen-bond donors (Lipinski definition) is 3. The van der Waals surface area contributed by atoms with Gasteiger partial charge in [-0.1, -0.05) is 13.8 Å². The van der Waals surface area contributed by atoms with Crippen molar-refractivity contribution in [1.29, 1.82) is 0 Å². The van der Waals surface area contributed by atoms with Crippen LogP contribution in [0.2, 0.25) is 0 Å². The number of aliphatic hydroxyl groups excluding tert-OH is 1. The first-order valence-electron chi connectivity index (χ1n) is 6.90. The number of carbonyl (C=O) groups is 1. The van der Waals surface area contributed by atoms with E-state index in [0.29, 0.717) is 5.56 Å². The monoisotopic (exact) mass is 262 g/mol. The quantitative estimate of drug-likeness (QED) is 0.775. The number of aliphatic hydroxyl groups is 1. The Morgan fingerprint density at radius 3 is 2.95 bits per heavy atom. The average molecular weight is 262 g/mol. The molecule has 3 N–H and O–H groups in total. The van der Waals surface area contributed by atoms with E-state index in [2.05, 4.69) is 10.6 Å². The third kappa shape index (κ3) is 3.26. The van der Waals surface area contributed by atoms with E-state index in [-0.39, 0.29) is 24.5 Å². The molecule has 0 saturated carbocycles. The molecule has 4 heteroatoms. The van der Waals surface area contributed by atoms with Crippen LogP contribution in [-0.2, 0) is 6.42 Å². The van der Waals surface area contributed by atoms with E-state index >= 15 is 0 Å². The van der Waals surface area contributed by atoms with Crippen LogP contribution in [-0.4, -0.2) is 30.2 Å². The molecule has 0 saturated heterocycles. The molecule has 0 aliphatic carbocycles. The molecular formula is C15H22N2O2. The van der Waals surface area contributed by atoms with Crippen molar-refractivity contribution in [2.24, 2.45) is 5.92 Å². The Hall–Kier alpha value is -1.55. The molecule has 104 valence electrons. The van der Waals surface area contributed by atoms with Gasteiger partial charge in [-0.05, 0) is 42.5 Å². The van der Waals surface area contributed by atoms with Gasteiger partial charge in [-0.3, -0.25) is 4.79 Å². The van der Waals surface area contributed by atoms with E-state index in [1.165, 1.54) is 5.56 Å². The van der Waals surface area contributed by atoms with E-state index in [9.17, 15) is 9.90 Å². The Labute approximate surface area is 114 Å². The van der Waals surface area contributed by atoms with E-state index in [0.717, 1.165) is 25.1 Å². The molecule has 1 amide bonds. The van der Waals surface area contributed by atoms with Crippen molar-refractivity contribution in [3.05, 3.63) is 29.3 Å². The van der Waals surface area contributed by atoms with Gasteiger partial charge < -0.3 is 15.7 Å². The number of benzene rings is 1. The number of amides is 1. The number of hydrogen-bond acceptors (Lipinski definition) is 3. The first-order chi connectivity index (χ1) is 9.11. The van der Waals surface area contributed by atoms with Gasteiger partial charge in [0.1, 0.15) is 0 Å². The second kappa shape index (κ2) is 6.06. The van der Waals surface area contributed by atoms with Crippen LogP contribution in [0.1, 0.15) is 36.2 Å². The number of anilines is 1. The maximum atomic E-state index is 12.2. The molecule has 0 unspecified atom stereocenters. The summed E-state index contributed by atoms with van der Waals surface area (Å²) in [6, 6.07) is 5.56. The minimum Gasteiger partial charge on any atom is -0.394 e. The van der Waals surface area contributed by atoms with E-state index in [4.69, 9.17) is 0 Å². The van der Waals surface area contributed by atoms with Crippen LogP contribution in [0.4, 0.5) is 5.69 Å². The molecule has 0 radical (unpaired) electrons.